The Labute approximate surface area is 92.1 Å². The highest BCUT2D eigenvalue weighted by Crippen LogP contribution is 2.05. The lowest BCUT2D eigenvalue weighted by molar-refractivity contribution is -0.138. The van der Waals surface area contributed by atoms with Gasteiger partial charge < -0.3 is 9.84 Å². The minimum atomic E-state index is -0.455. The van der Waals surface area contributed by atoms with E-state index in [9.17, 15) is 4.79 Å². The Balaban J connectivity index is 3.24. The lowest BCUT2D eigenvalue weighted by atomic mass is 10.1. The molecule has 0 amide bonds. The molecule has 0 saturated carbocycles. The molecule has 0 unspecified atom stereocenters. The molecule has 0 saturated heterocycles. The minimum Gasteiger partial charge on any atom is -0.512 e. The third-order valence-corrected chi connectivity index (χ3v) is 2.07. The number of allylic oxidation sites excluding steroid dienone is 1. The van der Waals surface area contributed by atoms with Crippen molar-refractivity contribution in [1.82, 2.24) is 0 Å². The number of hydrogen-bond donors (Lipinski definition) is 1. The molecule has 0 fully saturated rings. The number of rotatable bonds is 8. The highest BCUT2D eigenvalue weighted by Gasteiger charge is 1.98. The van der Waals surface area contributed by atoms with Crippen molar-refractivity contribution in [2.24, 2.45) is 0 Å². The fraction of sp³-hybridized carbons (Fsp3) is 0.750. The summed E-state index contributed by atoms with van der Waals surface area (Å²) >= 11 is 0. The quantitative estimate of drug-likeness (QED) is 0.292. The van der Waals surface area contributed by atoms with Crippen LogP contribution in [-0.2, 0) is 9.53 Å². The van der Waals surface area contributed by atoms with Gasteiger partial charge in [-0.1, -0.05) is 39.0 Å². The lowest BCUT2D eigenvalue weighted by Gasteiger charge is -2.02. The molecule has 0 aliphatic carbocycles. The van der Waals surface area contributed by atoms with Gasteiger partial charge in [-0.15, -0.1) is 0 Å². The number of carbonyl (C=O) groups excluding carboxylic acids is 1. The van der Waals surface area contributed by atoms with E-state index in [1.165, 1.54) is 32.6 Å². The Morgan fingerprint density at radius 3 is 2.40 bits per heavy atom. The average molecular weight is 214 g/mol. The fourth-order valence-electron chi connectivity index (χ4n) is 1.27. The van der Waals surface area contributed by atoms with Crippen molar-refractivity contribution in [2.75, 3.05) is 6.61 Å². The van der Waals surface area contributed by atoms with Crippen molar-refractivity contribution < 1.29 is 14.6 Å². The summed E-state index contributed by atoms with van der Waals surface area (Å²) in [5.74, 6) is -0.466. The van der Waals surface area contributed by atoms with Crippen molar-refractivity contribution in [3.8, 4) is 0 Å². The summed E-state index contributed by atoms with van der Waals surface area (Å²) < 4.78 is 4.88. The van der Waals surface area contributed by atoms with Gasteiger partial charge in [0.15, 0.2) is 0 Å². The van der Waals surface area contributed by atoms with E-state index in [0.29, 0.717) is 6.61 Å². The average Bonchev–Trinajstić information content (AvgIpc) is 2.15. The molecular weight excluding hydrogens is 192 g/mol. The van der Waals surface area contributed by atoms with Gasteiger partial charge in [-0.25, -0.2) is 4.79 Å². The second-order valence-corrected chi connectivity index (χ2v) is 3.72. The van der Waals surface area contributed by atoms with Crippen molar-refractivity contribution >= 4 is 5.97 Å². The fourth-order valence-corrected chi connectivity index (χ4v) is 1.27. The van der Waals surface area contributed by atoms with Gasteiger partial charge in [0, 0.05) is 0 Å². The van der Waals surface area contributed by atoms with E-state index in [-0.39, 0.29) is 5.76 Å². The third-order valence-electron chi connectivity index (χ3n) is 2.07. The molecule has 0 rings (SSSR count). The minimum absolute atomic E-state index is 0.0112. The second-order valence-electron chi connectivity index (χ2n) is 3.72. The van der Waals surface area contributed by atoms with Crippen LogP contribution >= 0.6 is 0 Å². The van der Waals surface area contributed by atoms with Crippen LogP contribution in [0.25, 0.3) is 0 Å². The van der Waals surface area contributed by atoms with Crippen molar-refractivity contribution in [3.63, 3.8) is 0 Å². The number of esters is 1. The molecule has 0 aromatic rings. The standard InChI is InChI=1S/C12H22O3/c1-3-4-5-6-7-8-9-15-12(14)10-11(2)13/h10,13H,3-9H2,1-2H3/b11-10-. The molecule has 0 aromatic heterocycles. The number of aliphatic hydroxyl groups excluding tert-OH is 1. The summed E-state index contributed by atoms with van der Waals surface area (Å²) in [7, 11) is 0. The Hall–Kier alpha value is -0.990. The van der Waals surface area contributed by atoms with E-state index < -0.39 is 5.97 Å². The van der Waals surface area contributed by atoms with Crippen LogP contribution < -0.4 is 0 Å². The monoisotopic (exact) mass is 214 g/mol. The molecular formula is C12H22O3. The first kappa shape index (κ1) is 14.0. The van der Waals surface area contributed by atoms with Gasteiger partial charge in [0.2, 0.25) is 0 Å². The molecule has 0 aliphatic rings. The third kappa shape index (κ3) is 10.9. The zero-order valence-electron chi connectivity index (χ0n) is 9.79. The highest BCUT2D eigenvalue weighted by atomic mass is 16.5. The molecule has 0 heterocycles. The van der Waals surface area contributed by atoms with Crippen molar-refractivity contribution in [1.29, 1.82) is 0 Å². The largest absolute Gasteiger partial charge is 0.512 e. The van der Waals surface area contributed by atoms with E-state index in [4.69, 9.17) is 9.84 Å². The maximum Gasteiger partial charge on any atom is 0.334 e. The summed E-state index contributed by atoms with van der Waals surface area (Å²) in [6, 6.07) is 0. The highest BCUT2D eigenvalue weighted by molar-refractivity contribution is 5.82. The first-order valence-corrected chi connectivity index (χ1v) is 5.70. The van der Waals surface area contributed by atoms with Crippen molar-refractivity contribution in [2.45, 2.75) is 52.4 Å². The Bertz CT molecular complexity index is 193. The smallest absolute Gasteiger partial charge is 0.334 e. The molecule has 88 valence electrons. The van der Waals surface area contributed by atoms with Gasteiger partial charge >= 0.3 is 5.97 Å². The zero-order chi connectivity index (χ0) is 11.5. The van der Waals surface area contributed by atoms with Gasteiger partial charge in [0.25, 0.3) is 0 Å². The van der Waals surface area contributed by atoms with E-state index >= 15 is 0 Å². The summed E-state index contributed by atoms with van der Waals surface area (Å²) in [4.78, 5) is 10.9. The molecule has 15 heavy (non-hydrogen) atoms. The second kappa shape index (κ2) is 9.56. The van der Waals surface area contributed by atoms with E-state index in [0.717, 1.165) is 18.9 Å². The van der Waals surface area contributed by atoms with Gasteiger partial charge in [-0.3, -0.25) is 0 Å². The summed E-state index contributed by atoms with van der Waals surface area (Å²) in [5.41, 5.74) is 0. The van der Waals surface area contributed by atoms with Crippen LogP contribution in [-0.4, -0.2) is 17.7 Å². The van der Waals surface area contributed by atoms with Crippen LogP contribution in [0.2, 0.25) is 0 Å². The number of hydrogen-bond acceptors (Lipinski definition) is 3. The molecule has 3 nitrogen and oxygen atoms in total. The van der Waals surface area contributed by atoms with E-state index in [2.05, 4.69) is 6.92 Å². The topological polar surface area (TPSA) is 46.5 Å². The SMILES string of the molecule is CCCCCCCCOC(=O)/C=C(/C)O. The first-order valence-electron chi connectivity index (χ1n) is 5.70. The molecule has 0 bridgehead atoms. The lowest BCUT2D eigenvalue weighted by Crippen LogP contribution is -2.03. The first-order chi connectivity index (χ1) is 7.16. The summed E-state index contributed by atoms with van der Waals surface area (Å²) in [5, 5.41) is 8.78. The molecule has 3 heteroatoms. The van der Waals surface area contributed by atoms with Crippen LogP contribution in [0.1, 0.15) is 52.4 Å². The van der Waals surface area contributed by atoms with E-state index in [1.54, 1.807) is 0 Å². The van der Waals surface area contributed by atoms with Crippen LogP contribution in [0.15, 0.2) is 11.8 Å². The van der Waals surface area contributed by atoms with Gasteiger partial charge in [0.05, 0.1) is 18.4 Å². The number of carbonyl (C=O) groups is 1. The normalized spacial score (nSPS) is 11.5. The van der Waals surface area contributed by atoms with Crippen LogP contribution in [0.5, 0.6) is 0 Å². The summed E-state index contributed by atoms with van der Waals surface area (Å²) in [6.07, 6.45) is 8.11. The van der Waals surface area contributed by atoms with Crippen LogP contribution in [0.4, 0.5) is 0 Å². The van der Waals surface area contributed by atoms with Gasteiger partial charge in [0.1, 0.15) is 0 Å². The number of unbranched alkanes of at least 4 members (excludes halogenated alkanes) is 5. The van der Waals surface area contributed by atoms with Crippen LogP contribution in [0, 0.1) is 0 Å². The van der Waals surface area contributed by atoms with Gasteiger partial charge in [-0.05, 0) is 13.3 Å². The molecule has 0 radical (unpaired) electrons. The number of ether oxygens (including phenoxy) is 1. The maximum absolute atomic E-state index is 10.9. The van der Waals surface area contributed by atoms with Gasteiger partial charge in [-0.2, -0.15) is 0 Å². The Morgan fingerprint density at radius 2 is 1.80 bits per heavy atom. The molecule has 1 N–H and O–H groups in total. The zero-order valence-corrected chi connectivity index (χ0v) is 9.79. The number of aliphatic hydroxyl groups is 1. The Morgan fingerprint density at radius 1 is 1.20 bits per heavy atom. The van der Waals surface area contributed by atoms with E-state index in [1.807, 2.05) is 0 Å². The Kier molecular flexibility index (Phi) is 8.93. The molecule has 0 spiro atoms. The summed E-state index contributed by atoms with van der Waals surface area (Å²) in [6.45, 7) is 4.09. The molecule has 0 atom stereocenters. The van der Waals surface area contributed by atoms with Crippen LogP contribution in [0.3, 0.4) is 0 Å². The predicted molar refractivity (Wildman–Crippen MR) is 60.7 cm³/mol. The van der Waals surface area contributed by atoms with Crippen molar-refractivity contribution in [3.05, 3.63) is 11.8 Å². The predicted octanol–water partition coefficient (Wildman–Crippen LogP) is 3.35. The molecule has 0 aliphatic heterocycles. The molecule has 0 aromatic carbocycles. The maximum atomic E-state index is 10.9.